The number of Topliss-reactive ketones (excluding diaryl/α,β-unsaturated/α-hetero) is 1. The summed E-state index contributed by atoms with van der Waals surface area (Å²) in [4.78, 5) is 12.2. The van der Waals surface area contributed by atoms with Crippen LogP contribution in [0.1, 0.15) is 49.7 Å². The van der Waals surface area contributed by atoms with Crippen molar-refractivity contribution in [1.29, 1.82) is 0 Å². The van der Waals surface area contributed by atoms with Crippen LogP contribution < -0.4 is 0 Å². The maximum atomic E-state index is 12.2. The van der Waals surface area contributed by atoms with Gasteiger partial charge in [-0.05, 0) is 42.4 Å². The van der Waals surface area contributed by atoms with Crippen LogP contribution in [0.3, 0.4) is 0 Å². The summed E-state index contributed by atoms with van der Waals surface area (Å²) in [6, 6.07) is 7.81. The third kappa shape index (κ3) is 2.37. The van der Waals surface area contributed by atoms with E-state index in [1.807, 2.05) is 24.3 Å². The van der Waals surface area contributed by atoms with Crippen LogP contribution in [0, 0.1) is 5.92 Å². The van der Waals surface area contributed by atoms with Crippen molar-refractivity contribution in [3.8, 4) is 0 Å². The summed E-state index contributed by atoms with van der Waals surface area (Å²) in [5.74, 6) is 0.913. The van der Waals surface area contributed by atoms with E-state index in [0.29, 0.717) is 12.3 Å². The van der Waals surface area contributed by atoms with E-state index in [1.165, 1.54) is 31.3 Å². The first-order valence-corrected chi connectivity index (χ1v) is 7.26. The van der Waals surface area contributed by atoms with Gasteiger partial charge in [0.2, 0.25) is 0 Å². The van der Waals surface area contributed by atoms with Crippen LogP contribution in [-0.4, -0.2) is 10.9 Å². The number of aliphatic hydroxyl groups is 1. The lowest BCUT2D eigenvalue weighted by Crippen LogP contribution is -2.01. The topological polar surface area (TPSA) is 37.3 Å². The van der Waals surface area contributed by atoms with E-state index in [-0.39, 0.29) is 12.4 Å². The largest absolute Gasteiger partial charge is 0.392 e. The molecule has 0 saturated heterocycles. The van der Waals surface area contributed by atoms with Gasteiger partial charge in [0.25, 0.3) is 0 Å². The van der Waals surface area contributed by atoms with Crippen molar-refractivity contribution in [3.63, 3.8) is 0 Å². The molecule has 1 aromatic rings. The van der Waals surface area contributed by atoms with E-state index in [2.05, 4.69) is 0 Å². The van der Waals surface area contributed by atoms with Crippen LogP contribution in [0.15, 0.2) is 29.8 Å². The highest BCUT2D eigenvalue weighted by Crippen LogP contribution is 2.42. The van der Waals surface area contributed by atoms with Gasteiger partial charge < -0.3 is 5.11 Å². The molecular formula is C17H20O2. The third-order valence-electron chi connectivity index (χ3n) is 4.47. The zero-order valence-electron chi connectivity index (χ0n) is 11.2. The molecule has 0 atom stereocenters. The number of hydrogen-bond donors (Lipinski definition) is 1. The van der Waals surface area contributed by atoms with Crippen LogP contribution in [0.5, 0.6) is 0 Å². The summed E-state index contributed by atoms with van der Waals surface area (Å²) in [6.07, 6.45) is 6.70. The summed E-state index contributed by atoms with van der Waals surface area (Å²) >= 11 is 0. The van der Waals surface area contributed by atoms with E-state index in [1.54, 1.807) is 0 Å². The van der Waals surface area contributed by atoms with Gasteiger partial charge in [-0.25, -0.2) is 0 Å². The van der Waals surface area contributed by atoms with Crippen molar-refractivity contribution in [2.45, 2.75) is 45.1 Å². The molecule has 0 amide bonds. The van der Waals surface area contributed by atoms with Gasteiger partial charge in [-0.2, -0.15) is 0 Å². The molecule has 2 heteroatoms. The maximum Gasteiger partial charge on any atom is 0.163 e. The van der Waals surface area contributed by atoms with E-state index in [4.69, 9.17) is 0 Å². The first-order chi connectivity index (χ1) is 9.29. The van der Waals surface area contributed by atoms with Gasteiger partial charge in [-0.15, -0.1) is 0 Å². The maximum absolute atomic E-state index is 12.2. The van der Waals surface area contributed by atoms with Gasteiger partial charge in [-0.1, -0.05) is 36.6 Å². The molecule has 1 saturated carbocycles. The van der Waals surface area contributed by atoms with Crippen LogP contribution in [-0.2, 0) is 11.4 Å². The first-order valence-electron chi connectivity index (χ1n) is 7.26. The molecule has 0 spiro atoms. The summed E-state index contributed by atoms with van der Waals surface area (Å²) < 4.78 is 0. The van der Waals surface area contributed by atoms with Crippen LogP contribution in [0.4, 0.5) is 0 Å². The van der Waals surface area contributed by atoms with E-state index in [9.17, 15) is 9.90 Å². The molecule has 0 unspecified atom stereocenters. The molecule has 2 nitrogen and oxygen atoms in total. The Hall–Kier alpha value is -1.41. The second-order valence-corrected chi connectivity index (χ2v) is 5.66. The third-order valence-corrected chi connectivity index (χ3v) is 4.47. The second kappa shape index (κ2) is 5.30. The number of ketones is 1. The van der Waals surface area contributed by atoms with Gasteiger partial charge in [0, 0.05) is 12.0 Å². The smallest absolute Gasteiger partial charge is 0.163 e. The summed E-state index contributed by atoms with van der Waals surface area (Å²) in [6.45, 7) is 0.0358. The molecule has 0 heterocycles. The highest BCUT2D eigenvalue weighted by atomic mass is 16.3. The minimum absolute atomic E-state index is 0.0358. The number of carbonyl (C=O) groups excluding carboxylic acids is 1. The standard InChI is InChI=1S/C17H20O2/c18-11-12-4-3-7-14(10-12)17-15(8-9-16(17)19)13-5-1-2-6-13/h3-4,7,10,13,18H,1-2,5-6,8-9,11H2. The predicted octanol–water partition coefficient (Wildman–Crippen LogP) is 3.49. The van der Waals surface area contributed by atoms with Crippen LogP contribution in [0.2, 0.25) is 0 Å². The molecule has 2 aliphatic rings. The second-order valence-electron chi connectivity index (χ2n) is 5.66. The SMILES string of the molecule is O=C1CCC(C2CCCC2)=C1c1cccc(CO)c1. The number of carbonyl (C=O) groups is 1. The monoisotopic (exact) mass is 256 g/mol. The predicted molar refractivity (Wildman–Crippen MR) is 75.5 cm³/mol. The van der Waals surface area contributed by atoms with Gasteiger partial charge >= 0.3 is 0 Å². The van der Waals surface area contributed by atoms with E-state index >= 15 is 0 Å². The van der Waals surface area contributed by atoms with Crippen molar-refractivity contribution in [3.05, 3.63) is 41.0 Å². The number of benzene rings is 1. The van der Waals surface area contributed by atoms with Crippen LogP contribution in [0.25, 0.3) is 5.57 Å². The Bertz CT molecular complexity index is 522. The molecule has 1 N–H and O–H groups in total. The Labute approximate surface area is 114 Å². The minimum atomic E-state index is 0.0358. The quantitative estimate of drug-likeness (QED) is 0.899. The lowest BCUT2D eigenvalue weighted by molar-refractivity contribution is -0.113. The zero-order valence-corrected chi connectivity index (χ0v) is 11.2. The summed E-state index contributed by atoms with van der Waals surface area (Å²) in [7, 11) is 0. The number of allylic oxidation sites excluding steroid dienone is 2. The van der Waals surface area contributed by atoms with Gasteiger partial charge in [0.1, 0.15) is 0 Å². The van der Waals surface area contributed by atoms with Crippen molar-refractivity contribution >= 4 is 11.4 Å². The fourth-order valence-electron chi connectivity index (χ4n) is 3.53. The van der Waals surface area contributed by atoms with Crippen molar-refractivity contribution < 1.29 is 9.90 Å². The fourth-order valence-corrected chi connectivity index (χ4v) is 3.53. The number of aliphatic hydroxyl groups excluding tert-OH is 1. The van der Waals surface area contributed by atoms with Crippen LogP contribution >= 0.6 is 0 Å². The molecule has 19 heavy (non-hydrogen) atoms. The molecule has 100 valence electrons. The summed E-state index contributed by atoms with van der Waals surface area (Å²) in [5, 5.41) is 9.25. The van der Waals surface area contributed by atoms with E-state index in [0.717, 1.165) is 23.1 Å². The van der Waals surface area contributed by atoms with Crippen molar-refractivity contribution in [2.24, 2.45) is 5.92 Å². The lowest BCUT2D eigenvalue weighted by Gasteiger charge is -2.14. The highest BCUT2D eigenvalue weighted by Gasteiger charge is 2.30. The zero-order chi connectivity index (χ0) is 13.2. The Morgan fingerprint density at radius 3 is 2.68 bits per heavy atom. The highest BCUT2D eigenvalue weighted by molar-refractivity contribution is 6.23. The minimum Gasteiger partial charge on any atom is -0.392 e. The van der Waals surface area contributed by atoms with Gasteiger partial charge in [-0.3, -0.25) is 4.79 Å². The van der Waals surface area contributed by atoms with Crippen molar-refractivity contribution in [2.75, 3.05) is 0 Å². The molecule has 0 aliphatic heterocycles. The molecule has 2 aliphatic carbocycles. The molecule has 0 aromatic heterocycles. The average molecular weight is 256 g/mol. The lowest BCUT2D eigenvalue weighted by atomic mass is 9.90. The van der Waals surface area contributed by atoms with Crippen molar-refractivity contribution in [1.82, 2.24) is 0 Å². The summed E-state index contributed by atoms with van der Waals surface area (Å²) in [5.41, 5.74) is 4.24. The average Bonchev–Trinajstić information content (AvgIpc) is 3.07. The molecule has 1 aromatic carbocycles. The molecular weight excluding hydrogens is 236 g/mol. The Kier molecular flexibility index (Phi) is 3.52. The molecule has 0 bridgehead atoms. The first kappa shape index (κ1) is 12.6. The Morgan fingerprint density at radius 2 is 1.95 bits per heavy atom. The normalized spacial score (nSPS) is 20.6. The van der Waals surface area contributed by atoms with E-state index < -0.39 is 0 Å². The molecule has 1 fully saturated rings. The van der Waals surface area contributed by atoms with Gasteiger partial charge in [0.05, 0.1) is 6.61 Å². The number of rotatable bonds is 3. The number of hydrogen-bond acceptors (Lipinski definition) is 2. The van der Waals surface area contributed by atoms with Gasteiger partial charge in [0.15, 0.2) is 5.78 Å². The Morgan fingerprint density at radius 1 is 1.16 bits per heavy atom. The molecule has 0 radical (unpaired) electrons. The Balaban J connectivity index is 2.02. The fraction of sp³-hybridized carbons (Fsp3) is 0.471. The molecule has 3 rings (SSSR count).